The zero-order chi connectivity index (χ0) is 11.7. The van der Waals surface area contributed by atoms with Crippen LogP contribution in [0.4, 0.5) is 0 Å². The lowest BCUT2D eigenvalue weighted by Crippen LogP contribution is -2.51. The molecule has 0 aromatic carbocycles. The maximum atomic E-state index is 12.5. The lowest BCUT2D eigenvalue weighted by Gasteiger charge is -2.51. The fourth-order valence-electron chi connectivity index (χ4n) is 3.94. The van der Waals surface area contributed by atoms with Crippen LogP contribution in [0.15, 0.2) is 36.0 Å². The molecule has 1 heteroatoms. The first-order chi connectivity index (χ1) is 7.38. The van der Waals surface area contributed by atoms with Gasteiger partial charge in [0.1, 0.15) is 0 Å². The van der Waals surface area contributed by atoms with E-state index in [9.17, 15) is 4.79 Å². The fourth-order valence-corrected chi connectivity index (χ4v) is 3.94. The van der Waals surface area contributed by atoms with Crippen molar-refractivity contribution in [2.75, 3.05) is 0 Å². The van der Waals surface area contributed by atoms with E-state index in [2.05, 4.69) is 38.7 Å². The van der Waals surface area contributed by atoms with E-state index in [1.165, 1.54) is 5.57 Å². The number of allylic oxidation sites excluding steroid dienone is 5. The molecule has 4 aliphatic carbocycles. The molecule has 16 heavy (non-hydrogen) atoms. The third kappa shape index (κ3) is 0.904. The van der Waals surface area contributed by atoms with E-state index in [-0.39, 0.29) is 16.7 Å². The number of carbonyl (C=O) groups is 1. The zero-order valence-corrected chi connectivity index (χ0v) is 10.2. The average molecular weight is 214 g/mol. The van der Waals surface area contributed by atoms with Gasteiger partial charge in [0.15, 0.2) is 5.78 Å². The number of hydrogen-bond donors (Lipinski definition) is 0. The second-order valence-electron chi connectivity index (χ2n) is 6.12. The molecule has 4 rings (SSSR count). The number of rotatable bonds is 1. The Morgan fingerprint density at radius 1 is 1.44 bits per heavy atom. The summed E-state index contributed by atoms with van der Waals surface area (Å²) in [6.45, 7) is 10.4. The van der Waals surface area contributed by atoms with E-state index in [1.54, 1.807) is 0 Å². The van der Waals surface area contributed by atoms with Crippen LogP contribution < -0.4 is 0 Å². The van der Waals surface area contributed by atoms with Gasteiger partial charge in [0.2, 0.25) is 0 Å². The summed E-state index contributed by atoms with van der Waals surface area (Å²) in [6.07, 6.45) is 7.70. The van der Waals surface area contributed by atoms with E-state index in [1.807, 2.05) is 6.92 Å². The Bertz CT molecular complexity index is 468. The van der Waals surface area contributed by atoms with E-state index in [0.717, 1.165) is 12.0 Å². The van der Waals surface area contributed by atoms with Crippen LogP contribution in [0.5, 0.6) is 0 Å². The van der Waals surface area contributed by atoms with Gasteiger partial charge >= 0.3 is 0 Å². The molecule has 0 aromatic heterocycles. The standard InChI is InChI=1S/C15H18O/c1-9(2)10-7-12-14(3)5-6-15(12,4)13(16)11(10)8-14/h5-7,11-12H,1,8H2,2-4H3/t11-,12+,14+,15+/m1/s1. The summed E-state index contributed by atoms with van der Waals surface area (Å²) < 4.78 is 0. The minimum Gasteiger partial charge on any atom is -0.298 e. The average Bonchev–Trinajstić information content (AvgIpc) is 2.44. The first-order valence-electron chi connectivity index (χ1n) is 6.01. The van der Waals surface area contributed by atoms with Crippen molar-refractivity contribution in [2.45, 2.75) is 27.2 Å². The van der Waals surface area contributed by atoms with Gasteiger partial charge in [-0.25, -0.2) is 0 Å². The summed E-state index contributed by atoms with van der Waals surface area (Å²) in [5, 5.41) is 0. The molecule has 4 bridgehead atoms. The quantitative estimate of drug-likeness (QED) is 0.612. The van der Waals surface area contributed by atoms with E-state index in [4.69, 9.17) is 0 Å². The SMILES string of the molecule is C=C(C)C1=C[C@H]2[C@@]3(C)C=C[C@]2(C)C(=O)[C@@H]1C3. The van der Waals surface area contributed by atoms with Crippen molar-refractivity contribution in [3.8, 4) is 0 Å². The van der Waals surface area contributed by atoms with E-state index >= 15 is 0 Å². The topological polar surface area (TPSA) is 17.1 Å². The summed E-state index contributed by atoms with van der Waals surface area (Å²) in [5.74, 6) is 0.848. The summed E-state index contributed by atoms with van der Waals surface area (Å²) in [6, 6.07) is 0. The normalized spacial score (nSPS) is 48.4. The first kappa shape index (κ1) is 10.1. The van der Waals surface area contributed by atoms with Crippen LogP contribution in [-0.4, -0.2) is 5.78 Å². The first-order valence-corrected chi connectivity index (χ1v) is 6.01. The molecule has 4 atom stereocenters. The van der Waals surface area contributed by atoms with Gasteiger partial charge in [-0.2, -0.15) is 0 Å². The Balaban J connectivity index is 2.21. The number of carbonyl (C=O) groups excluding carboxylic acids is 1. The van der Waals surface area contributed by atoms with Crippen molar-refractivity contribution in [1.29, 1.82) is 0 Å². The van der Waals surface area contributed by atoms with Gasteiger partial charge in [-0.3, -0.25) is 4.79 Å². The van der Waals surface area contributed by atoms with Crippen molar-refractivity contribution >= 4 is 5.78 Å². The molecule has 0 aromatic rings. The number of Topliss-reactive ketones (excluding diaryl/α,β-unsaturated/α-hetero) is 1. The summed E-state index contributed by atoms with van der Waals surface area (Å²) in [5.41, 5.74) is 2.23. The predicted molar refractivity (Wildman–Crippen MR) is 64.9 cm³/mol. The second-order valence-corrected chi connectivity index (χ2v) is 6.12. The van der Waals surface area contributed by atoms with Crippen molar-refractivity contribution < 1.29 is 4.79 Å². The largest absolute Gasteiger partial charge is 0.298 e. The van der Waals surface area contributed by atoms with Crippen molar-refractivity contribution in [3.05, 3.63) is 36.0 Å². The highest BCUT2D eigenvalue weighted by molar-refractivity contribution is 5.95. The van der Waals surface area contributed by atoms with Crippen LogP contribution in [0.2, 0.25) is 0 Å². The highest BCUT2D eigenvalue weighted by atomic mass is 16.1. The van der Waals surface area contributed by atoms with Crippen LogP contribution in [0, 0.1) is 22.7 Å². The van der Waals surface area contributed by atoms with Crippen molar-refractivity contribution in [3.63, 3.8) is 0 Å². The minimum atomic E-state index is -0.239. The maximum absolute atomic E-state index is 12.5. The Kier molecular flexibility index (Phi) is 1.63. The molecular weight excluding hydrogens is 196 g/mol. The van der Waals surface area contributed by atoms with Crippen LogP contribution in [0.1, 0.15) is 27.2 Å². The Morgan fingerprint density at radius 2 is 2.12 bits per heavy atom. The zero-order valence-electron chi connectivity index (χ0n) is 10.2. The maximum Gasteiger partial charge on any atom is 0.150 e. The summed E-state index contributed by atoms with van der Waals surface area (Å²) >= 11 is 0. The Morgan fingerprint density at radius 3 is 2.75 bits per heavy atom. The van der Waals surface area contributed by atoms with Gasteiger partial charge in [-0.05, 0) is 31.3 Å². The molecule has 0 heterocycles. The van der Waals surface area contributed by atoms with Crippen LogP contribution in [-0.2, 0) is 4.79 Å². The monoisotopic (exact) mass is 214 g/mol. The lowest BCUT2D eigenvalue weighted by atomic mass is 9.51. The number of ketones is 1. The van der Waals surface area contributed by atoms with Crippen LogP contribution in [0.25, 0.3) is 0 Å². The summed E-state index contributed by atoms with van der Waals surface area (Å²) in [7, 11) is 0. The predicted octanol–water partition coefficient (Wildman–Crippen LogP) is 3.29. The summed E-state index contributed by atoms with van der Waals surface area (Å²) in [4.78, 5) is 12.5. The van der Waals surface area contributed by atoms with E-state index in [0.29, 0.717) is 11.7 Å². The third-order valence-electron chi connectivity index (χ3n) is 4.87. The van der Waals surface area contributed by atoms with Crippen molar-refractivity contribution in [2.24, 2.45) is 22.7 Å². The van der Waals surface area contributed by atoms with Gasteiger partial charge in [-0.1, -0.05) is 37.3 Å². The molecule has 1 nitrogen and oxygen atoms in total. The van der Waals surface area contributed by atoms with Crippen LogP contribution >= 0.6 is 0 Å². The second kappa shape index (κ2) is 2.58. The Hall–Kier alpha value is -1.11. The molecule has 0 N–H and O–H groups in total. The number of hydrogen-bond acceptors (Lipinski definition) is 1. The van der Waals surface area contributed by atoms with Gasteiger partial charge in [0, 0.05) is 11.8 Å². The smallest absolute Gasteiger partial charge is 0.150 e. The molecule has 4 aliphatic rings. The van der Waals surface area contributed by atoms with E-state index < -0.39 is 0 Å². The molecule has 0 amide bonds. The highest BCUT2D eigenvalue weighted by Crippen LogP contribution is 2.63. The van der Waals surface area contributed by atoms with Crippen LogP contribution in [0.3, 0.4) is 0 Å². The third-order valence-corrected chi connectivity index (χ3v) is 4.87. The lowest BCUT2D eigenvalue weighted by molar-refractivity contribution is -0.137. The van der Waals surface area contributed by atoms with Gasteiger partial charge in [0.25, 0.3) is 0 Å². The fraction of sp³-hybridized carbons (Fsp3) is 0.533. The molecule has 0 saturated heterocycles. The van der Waals surface area contributed by atoms with Gasteiger partial charge < -0.3 is 0 Å². The minimum absolute atomic E-state index is 0.0903. The molecule has 84 valence electrons. The van der Waals surface area contributed by atoms with Gasteiger partial charge in [-0.15, -0.1) is 0 Å². The molecule has 0 unspecified atom stereocenters. The molecule has 0 radical (unpaired) electrons. The molecule has 0 spiro atoms. The molecule has 1 saturated carbocycles. The molecule has 0 aliphatic heterocycles. The molecular formula is C15H18O. The highest BCUT2D eigenvalue weighted by Gasteiger charge is 2.61. The Labute approximate surface area is 96.9 Å². The van der Waals surface area contributed by atoms with Gasteiger partial charge in [0.05, 0.1) is 5.41 Å². The molecule has 1 fully saturated rings. The van der Waals surface area contributed by atoms with Crippen molar-refractivity contribution in [1.82, 2.24) is 0 Å².